The zero-order valence-corrected chi connectivity index (χ0v) is 15.7. The predicted molar refractivity (Wildman–Crippen MR) is 101 cm³/mol. The average Bonchev–Trinajstić information content (AvgIpc) is 3.10. The van der Waals surface area contributed by atoms with E-state index in [1.807, 2.05) is 26.4 Å². The number of hydrogen-bond donors (Lipinski definition) is 2. The lowest BCUT2D eigenvalue weighted by Crippen LogP contribution is -2.14. The van der Waals surface area contributed by atoms with Crippen molar-refractivity contribution in [3.63, 3.8) is 0 Å². The third-order valence-electron chi connectivity index (χ3n) is 3.68. The van der Waals surface area contributed by atoms with Crippen LogP contribution in [0.5, 0.6) is 0 Å². The van der Waals surface area contributed by atoms with Gasteiger partial charge in [-0.15, -0.1) is 11.3 Å². The van der Waals surface area contributed by atoms with Crippen LogP contribution in [0, 0.1) is 0 Å². The maximum Gasteiger partial charge on any atom is 0.272 e. The molecule has 5 nitrogen and oxygen atoms in total. The molecule has 3 rings (SSSR count). The maximum absolute atomic E-state index is 12.4. The molecule has 0 saturated heterocycles. The van der Waals surface area contributed by atoms with Gasteiger partial charge in [0.25, 0.3) is 10.0 Å². The molecule has 1 aromatic carbocycles. The van der Waals surface area contributed by atoms with Crippen molar-refractivity contribution in [3.8, 4) is 0 Å². The van der Waals surface area contributed by atoms with Gasteiger partial charge in [-0.2, -0.15) is 0 Å². The highest BCUT2D eigenvalue weighted by Gasteiger charge is 2.19. The number of rotatable bonds is 6. The van der Waals surface area contributed by atoms with Crippen LogP contribution in [0.4, 0.5) is 5.69 Å². The number of thiophene rings is 1. The van der Waals surface area contributed by atoms with Crippen LogP contribution in [-0.4, -0.2) is 38.9 Å². The Morgan fingerprint density at radius 2 is 2.08 bits per heavy atom. The molecule has 0 fully saturated rings. The van der Waals surface area contributed by atoms with Crippen molar-refractivity contribution >= 4 is 49.6 Å². The number of anilines is 1. The van der Waals surface area contributed by atoms with Crippen LogP contribution in [0.1, 0.15) is 5.56 Å². The zero-order valence-electron chi connectivity index (χ0n) is 13.3. The first kappa shape index (κ1) is 17.3. The Morgan fingerprint density at radius 1 is 1.29 bits per heavy atom. The molecule has 2 N–H and O–H groups in total. The molecule has 0 bridgehead atoms. The van der Waals surface area contributed by atoms with Gasteiger partial charge in [0.1, 0.15) is 0 Å². The standard InChI is InChI=1S/C16H18ClN3O2S2/c1-20(2)7-5-11-10-18-15-9-12(3-4-13(11)15)19-24(21,22)16-14(17)6-8-23-16/h3-4,6,8-10,18-19H,5,7H2,1-2H3. The minimum Gasteiger partial charge on any atom is -0.361 e. The highest BCUT2D eigenvalue weighted by atomic mass is 35.5. The van der Waals surface area contributed by atoms with E-state index in [0.29, 0.717) is 5.69 Å². The van der Waals surface area contributed by atoms with Crippen molar-refractivity contribution in [3.05, 3.63) is 46.4 Å². The van der Waals surface area contributed by atoms with Crippen molar-refractivity contribution in [1.82, 2.24) is 9.88 Å². The van der Waals surface area contributed by atoms with Gasteiger partial charge in [-0.25, -0.2) is 8.42 Å². The molecule has 0 amide bonds. The maximum atomic E-state index is 12.4. The number of H-pyrrole nitrogens is 1. The highest BCUT2D eigenvalue weighted by Crippen LogP contribution is 2.30. The van der Waals surface area contributed by atoms with Crippen LogP contribution < -0.4 is 4.72 Å². The summed E-state index contributed by atoms with van der Waals surface area (Å²) >= 11 is 7.03. The minimum atomic E-state index is -3.67. The number of sulfonamides is 1. The number of halogens is 1. The normalized spacial score (nSPS) is 12.2. The zero-order chi connectivity index (χ0) is 17.3. The van der Waals surface area contributed by atoms with E-state index in [1.165, 1.54) is 5.56 Å². The summed E-state index contributed by atoms with van der Waals surface area (Å²) in [6.45, 7) is 0.957. The van der Waals surface area contributed by atoms with Gasteiger partial charge in [0, 0.05) is 23.6 Å². The third kappa shape index (κ3) is 3.59. The predicted octanol–water partition coefficient (Wildman–Crippen LogP) is 3.79. The Balaban J connectivity index is 1.85. The second kappa shape index (κ2) is 6.76. The number of aromatic nitrogens is 1. The second-order valence-corrected chi connectivity index (χ2v) is 8.99. The lowest BCUT2D eigenvalue weighted by molar-refractivity contribution is 0.414. The fourth-order valence-electron chi connectivity index (χ4n) is 2.47. The summed E-state index contributed by atoms with van der Waals surface area (Å²) in [7, 11) is 0.410. The van der Waals surface area contributed by atoms with Gasteiger partial charge >= 0.3 is 0 Å². The summed E-state index contributed by atoms with van der Waals surface area (Å²) < 4.78 is 27.5. The first-order valence-electron chi connectivity index (χ1n) is 7.37. The van der Waals surface area contributed by atoms with Gasteiger partial charge in [-0.3, -0.25) is 4.72 Å². The molecule has 0 aliphatic carbocycles. The summed E-state index contributed by atoms with van der Waals surface area (Å²) in [5, 5.41) is 3.00. The fraction of sp³-hybridized carbons (Fsp3) is 0.250. The van der Waals surface area contributed by atoms with Crippen LogP contribution in [0.2, 0.25) is 5.02 Å². The molecular formula is C16H18ClN3O2S2. The number of hydrogen-bond acceptors (Lipinski definition) is 4. The van der Waals surface area contributed by atoms with Gasteiger partial charge in [0.15, 0.2) is 4.21 Å². The molecule has 0 aliphatic rings. The molecule has 2 heterocycles. The van der Waals surface area contributed by atoms with E-state index in [4.69, 9.17) is 11.6 Å². The van der Waals surface area contributed by atoms with Crippen LogP contribution in [-0.2, 0) is 16.4 Å². The Hall–Kier alpha value is -1.54. The molecular weight excluding hydrogens is 366 g/mol. The molecule has 0 spiro atoms. The lowest BCUT2D eigenvalue weighted by atomic mass is 10.1. The smallest absolute Gasteiger partial charge is 0.272 e. The number of nitrogens with zero attached hydrogens (tertiary/aromatic N) is 1. The van der Waals surface area contributed by atoms with Crippen LogP contribution >= 0.6 is 22.9 Å². The molecule has 128 valence electrons. The Bertz CT molecular complexity index is 961. The minimum absolute atomic E-state index is 0.127. The highest BCUT2D eigenvalue weighted by molar-refractivity contribution is 7.94. The quantitative estimate of drug-likeness (QED) is 0.680. The Labute approximate surface area is 150 Å². The number of nitrogens with one attached hydrogen (secondary N) is 2. The first-order valence-corrected chi connectivity index (χ1v) is 10.1. The topological polar surface area (TPSA) is 65.2 Å². The third-order valence-corrected chi connectivity index (χ3v) is 7.08. The molecule has 8 heteroatoms. The van der Waals surface area contributed by atoms with E-state index in [9.17, 15) is 8.42 Å². The van der Waals surface area contributed by atoms with Crippen LogP contribution in [0.15, 0.2) is 40.1 Å². The molecule has 2 aromatic heterocycles. The molecule has 24 heavy (non-hydrogen) atoms. The van der Waals surface area contributed by atoms with Crippen molar-refractivity contribution in [1.29, 1.82) is 0 Å². The summed E-state index contributed by atoms with van der Waals surface area (Å²) in [6.07, 6.45) is 2.91. The Kier molecular flexibility index (Phi) is 4.87. The van der Waals surface area contributed by atoms with Crippen molar-refractivity contribution in [2.24, 2.45) is 0 Å². The van der Waals surface area contributed by atoms with Crippen molar-refractivity contribution in [2.45, 2.75) is 10.6 Å². The van der Waals surface area contributed by atoms with E-state index >= 15 is 0 Å². The summed E-state index contributed by atoms with van der Waals surface area (Å²) in [5.74, 6) is 0. The number of fused-ring (bicyclic) bond motifs is 1. The Morgan fingerprint density at radius 3 is 2.75 bits per heavy atom. The summed E-state index contributed by atoms with van der Waals surface area (Å²) in [4.78, 5) is 5.34. The van der Waals surface area contributed by atoms with Gasteiger partial charge in [0.2, 0.25) is 0 Å². The summed E-state index contributed by atoms with van der Waals surface area (Å²) in [6, 6.07) is 7.08. The summed E-state index contributed by atoms with van der Waals surface area (Å²) in [5.41, 5.74) is 2.63. The van der Waals surface area contributed by atoms with Gasteiger partial charge in [0.05, 0.1) is 10.7 Å². The number of aromatic amines is 1. The van der Waals surface area contributed by atoms with Crippen LogP contribution in [0.3, 0.4) is 0 Å². The molecule has 0 aliphatic heterocycles. The lowest BCUT2D eigenvalue weighted by Gasteiger charge is -2.09. The van der Waals surface area contributed by atoms with E-state index in [0.717, 1.165) is 35.2 Å². The number of benzene rings is 1. The molecule has 3 aromatic rings. The van der Waals surface area contributed by atoms with E-state index in [-0.39, 0.29) is 9.23 Å². The molecule has 0 unspecified atom stereocenters. The number of likely N-dealkylation sites (N-methyl/N-ethyl adjacent to an activating group) is 1. The van der Waals surface area contributed by atoms with Crippen molar-refractivity contribution in [2.75, 3.05) is 25.4 Å². The average molecular weight is 384 g/mol. The van der Waals surface area contributed by atoms with Gasteiger partial charge < -0.3 is 9.88 Å². The molecule has 0 atom stereocenters. The monoisotopic (exact) mass is 383 g/mol. The largest absolute Gasteiger partial charge is 0.361 e. The van der Waals surface area contributed by atoms with Crippen LogP contribution in [0.25, 0.3) is 10.9 Å². The molecule has 0 radical (unpaired) electrons. The van der Waals surface area contributed by atoms with E-state index in [2.05, 4.69) is 14.6 Å². The van der Waals surface area contributed by atoms with Crippen molar-refractivity contribution < 1.29 is 8.42 Å². The fourth-order valence-corrected chi connectivity index (χ4v) is 5.21. The first-order chi connectivity index (χ1) is 11.4. The van der Waals surface area contributed by atoms with Gasteiger partial charge in [-0.05, 0) is 49.7 Å². The van der Waals surface area contributed by atoms with Gasteiger partial charge in [-0.1, -0.05) is 17.7 Å². The molecule has 0 saturated carbocycles. The van der Waals surface area contributed by atoms with E-state index in [1.54, 1.807) is 23.6 Å². The second-order valence-electron chi connectivity index (χ2n) is 5.79. The SMILES string of the molecule is CN(C)CCc1c[nH]c2cc(NS(=O)(=O)c3sccc3Cl)ccc12. The van der Waals surface area contributed by atoms with E-state index < -0.39 is 10.0 Å².